The van der Waals surface area contributed by atoms with E-state index in [4.69, 9.17) is 0 Å². The maximum absolute atomic E-state index is 4.48. The maximum atomic E-state index is 4.48. The molecular formula is C14H19N3. The Labute approximate surface area is 102 Å². The zero-order valence-corrected chi connectivity index (χ0v) is 10.7. The Balaban J connectivity index is 2.12. The highest BCUT2D eigenvalue weighted by Crippen LogP contribution is 2.27. The SMILES string of the molecule is CC(C)(C)c1ccc2ncn(C3CNC3)c2c1. The van der Waals surface area contributed by atoms with Crippen LogP contribution in [-0.4, -0.2) is 22.6 Å². The molecule has 2 aromatic rings. The lowest BCUT2D eigenvalue weighted by Crippen LogP contribution is -2.43. The monoisotopic (exact) mass is 229 g/mol. The van der Waals surface area contributed by atoms with Crippen molar-refractivity contribution >= 4 is 11.0 Å². The molecule has 2 heterocycles. The molecule has 3 nitrogen and oxygen atoms in total. The number of fused-ring (bicyclic) bond motifs is 1. The molecule has 1 aromatic heterocycles. The van der Waals surface area contributed by atoms with Crippen LogP contribution < -0.4 is 5.32 Å². The molecule has 1 aromatic carbocycles. The van der Waals surface area contributed by atoms with Crippen LogP contribution in [0.5, 0.6) is 0 Å². The number of hydrogen-bond acceptors (Lipinski definition) is 2. The molecule has 0 atom stereocenters. The third kappa shape index (κ3) is 1.75. The van der Waals surface area contributed by atoms with Crippen LogP contribution in [0.25, 0.3) is 11.0 Å². The van der Waals surface area contributed by atoms with Gasteiger partial charge in [-0.05, 0) is 23.1 Å². The van der Waals surface area contributed by atoms with Crippen molar-refractivity contribution < 1.29 is 0 Å². The molecule has 90 valence electrons. The lowest BCUT2D eigenvalue weighted by atomic mass is 9.87. The van der Waals surface area contributed by atoms with E-state index in [0.717, 1.165) is 18.6 Å². The minimum absolute atomic E-state index is 0.196. The van der Waals surface area contributed by atoms with Gasteiger partial charge in [0.25, 0.3) is 0 Å². The summed E-state index contributed by atoms with van der Waals surface area (Å²) in [4.78, 5) is 4.48. The minimum Gasteiger partial charge on any atom is -0.325 e. The molecule has 17 heavy (non-hydrogen) atoms. The lowest BCUT2D eigenvalue weighted by Gasteiger charge is -2.29. The van der Waals surface area contributed by atoms with Crippen molar-refractivity contribution in [3.63, 3.8) is 0 Å². The van der Waals surface area contributed by atoms with E-state index in [-0.39, 0.29) is 5.41 Å². The first-order valence-corrected chi connectivity index (χ1v) is 6.23. The van der Waals surface area contributed by atoms with Crippen LogP contribution in [0.15, 0.2) is 24.5 Å². The standard InChI is InChI=1S/C14H19N3/c1-14(2,3)10-4-5-12-13(6-10)17(9-16-12)11-7-15-8-11/h4-6,9,11,15H,7-8H2,1-3H3. The number of hydrogen-bond donors (Lipinski definition) is 1. The molecule has 0 unspecified atom stereocenters. The highest BCUT2D eigenvalue weighted by Gasteiger charge is 2.21. The van der Waals surface area contributed by atoms with Crippen molar-refractivity contribution in [3.8, 4) is 0 Å². The van der Waals surface area contributed by atoms with Crippen LogP contribution in [0.2, 0.25) is 0 Å². The predicted octanol–water partition coefficient (Wildman–Crippen LogP) is 2.48. The zero-order valence-electron chi connectivity index (χ0n) is 10.7. The molecule has 1 fully saturated rings. The first-order chi connectivity index (χ1) is 8.05. The summed E-state index contributed by atoms with van der Waals surface area (Å²) in [7, 11) is 0. The van der Waals surface area contributed by atoms with Crippen LogP contribution in [0, 0.1) is 0 Å². The average molecular weight is 229 g/mol. The Morgan fingerprint density at radius 1 is 1.29 bits per heavy atom. The third-order valence-electron chi connectivity index (χ3n) is 3.59. The van der Waals surface area contributed by atoms with E-state index in [1.165, 1.54) is 11.1 Å². The molecule has 0 amide bonds. The average Bonchev–Trinajstić information content (AvgIpc) is 2.57. The summed E-state index contributed by atoms with van der Waals surface area (Å²) in [6, 6.07) is 7.20. The molecule has 1 aliphatic rings. The molecular weight excluding hydrogens is 210 g/mol. The van der Waals surface area contributed by atoms with Crippen LogP contribution >= 0.6 is 0 Å². The molecule has 3 heteroatoms. The second-order valence-electron chi connectivity index (χ2n) is 5.92. The van der Waals surface area contributed by atoms with Crippen LogP contribution in [0.4, 0.5) is 0 Å². The molecule has 3 rings (SSSR count). The number of imidazole rings is 1. The van der Waals surface area contributed by atoms with Gasteiger partial charge in [-0.25, -0.2) is 4.98 Å². The number of benzene rings is 1. The topological polar surface area (TPSA) is 29.9 Å². The van der Waals surface area contributed by atoms with Gasteiger partial charge >= 0.3 is 0 Å². The summed E-state index contributed by atoms with van der Waals surface area (Å²) in [5.41, 5.74) is 3.94. The fraction of sp³-hybridized carbons (Fsp3) is 0.500. The quantitative estimate of drug-likeness (QED) is 0.814. The summed E-state index contributed by atoms with van der Waals surface area (Å²) in [6.07, 6.45) is 1.97. The van der Waals surface area contributed by atoms with Gasteiger partial charge in [-0.15, -0.1) is 0 Å². The van der Waals surface area contributed by atoms with Gasteiger partial charge < -0.3 is 9.88 Å². The van der Waals surface area contributed by atoms with Gasteiger partial charge in [-0.1, -0.05) is 26.8 Å². The van der Waals surface area contributed by atoms with E-state index in [1.54, 1.807) is 0 Å². The molecule has 0 spiro atoms. The number of nitrogens with one attached hydrogen (secondary N) is 1. The normalized spacial score (nSPS) is 17.4. The Hall–Kier alpha value is -1.35. The fourth-order valence-electron chi connectivity index (χ4n) is 2.25. The Bertz CT molecular complexity index is 544. The van der Waals surface area contributed by atoms with E-state index in [1.807, 2.05) is 6.33 Å². The summed E-state index contributed by atoms with van der Waals surface area (Å²) in [6.45, 7) is 8.87. The van der Waals surface area contributed by atoms with Crippen molar-refractivity contribution in [2.45, 2.75) is 32.2 Å². The maximum Gasteiger partial charge on any atom is 0.0961 e. The first-order valence-electron chi connectivity index (χ1n) is 6.23. The van der Waals surface area contributed by atoms with Gasteiger partial charge in [0.05, 0.1) is 23.4 Å². The second kappa shape index (κ2) is 3.57. The Morgan fingerprint density at radius 2 is 2.06 bits per heavy atom. The van der Waals surface area contributed by atoms with Crippen molar-refractivity contribution in [2.24, 2.45) is 0 Å². The second-order valence-corrected chi connectivity index (χ2v) is 5.92. The van der Waals surface area contributed by atoms with Crippen molar-refractivity contribution in [3.05, 3.63) is 30.1 Å². The minimum atomic E-state index is 0.196. The predicted molar refractivity (Wildman–Crippen MR) is 70.3 cm³/mol. The summed E-state index contributed by atoms with van der Waals surface area (Å²) >= 11 is 0. The van der Waals surface area contributed by atoms with Gasteiger partial charge in [-0.3, -0.25) is 0 Å². The highest BCUT2D eigenvalue weighted by atomic mass is 15.2. The van der Waals surface area contributed by atoms with E-state index >= 15 is 0 Å². The Kier molecular flexibility index (Phi) is 2.26. The summed E-state index contributed by atoms with van der Waals surface area (Å²) in [5.74, 6) is 0. The molecule has 1 saturated heterocycles. The zero-order chi connectivity index (χ0) is 12.0. The largest absolute Gasteiger partial charge is 0.325 e. The number of aromatic nitrogens is 2. The van der Waals surface area contributed by atoms with Crippen molar-refractivity contribution in [2.75, 3.05) is 13.1 Å². The first kappa shape index (κ1) is 10.8. The molecule has 0 aliphatic carbocycles. The van der Waals surface area contributed by atoms with Gasteiger partial charge in [0.2, 0.25) is 0 Å². The smallest absolute Gasteiger partial charge is 0.0961 e. The van der Waals surface area contributed by atoms with Crippen molar-refractivity contribution in [1.82, 2.24) is 14.9 Å². The van der Waals surface area contributed by atoms with E-state index in [9.17, 15) is 0 Å². The highest BCUT2D eigenvalue weighted by molar-refractivity contribution is 5.76. The number of nitrogens with zero attached hydrogens (tertiary/aromatic N) is 2. The molecule has 0 radical (unpaired) electrons. The fourth-order valence-corrected chi connectivity index (χ4v) is 2.25. The molecule has 1 N–H and O–H groups in total. The number of rotatable bonds is 1. The van der Waals surface area contributed by atoms with Gasteiger partial charge in [0, 0.05) is 13.1 Å². The third-order valence-corrected chi connectivity index (χ3v) is 3.59. The van der Waals surface area contributed by atoms with Crippen LogP contribution in [0.3, 0.4) is 0 Å². The van der Waals surface area contributed by atoms with Crippen LogP contribution in [-0.2, 0) is 5.41 Å². The summed E-state index contributed by atoms with van der Waals surface area (Å²) < 4.78 is 2.31. The van der Waals surface area contributed by atoms with Gasteiger partial charge in [0.15, 0.2) is 0 Å². The molecule has 1 aliphatic heterocycles. The van der Waals surface area contributed by atoms with Crippen molar-refractivity contribution in [1.29, 1.82) is 0 Å². The Morgan fingerprint density at radius 3 is 2.65 bits per heavy atom. The molecule has 0 bridgehead atoms. The summed E-state index contributed by atoms with van der Waals surface area (Å²) in [5, 5.41) is 3.31. The van der Waals surface area contributed by atoms with E-state index in [0.29, 0.717) is 6.04 Å². The van der Waals surface area contributed by atoms with Gasteiger partial charge in [-0.2, -0.15) is 0 Å². The van der Waals surface area contributed by atoms with Gasteiger partial charge in [0.1, 0.15) is 0 Å². The van der Waals surface area contributed by atoms with Crippen LogP contribution in [0.1, 0.15) is 32.4 Å². The van der Waals surface area contributed by atoms with E-state index < -0.39 is 0 Å². The lowest BCUT2D eigenvalue weighted by molar-refractivity contribution is 0.350. The van der Waals surface area contributed by atoms with E-state index in [2.05, 4.69) is 53.8 Å². The molecule has 0 saturated carbocycles.